The van der Waals surface area contributed by atoms with E-state index in [1.807, 2.05) is 0 Å². The first-order valence-electron chi connectivity index (χ1n) is 9.99. The molecule has 0 amide bonds. The van der Waals surface area contributed by atoms with E-state index in [-0.39, 0.29) is 22.1 Å². The van der Waals surface area contributed by atoms with E-state index < -0.39 is 10.0 Å². The zero-order valence-electron chi connectivity index (χ0n) is 19.2. The molecular formula is C24H26N2O7S. The fraction of sp³-hybridized carbons (Fsp3) is 0.167. The molecule has 3 aromatic rings. The van der Waals surface area contributed by atoms with Crippen LogP contribution in [0.4, 0.5) is 11.4 Å². The molecule has 0 bridgehead atoms. The van der Waals surface area contributed by atoms with Crippen LogP contribution in [0.1, 0.15) is 11.1 Å². The van der Waals surface area contributed by atoms with Gasteiger partial charge in [0.05, 0.1) is 39.0 Å². The minimum Gasteiger partial charge on any atom is -0.504 e. The van der Waals surface area contributed by atoms with Crippen molar-refractivity contribution >= 4 is 33.6 Å². The molecule has 0 aliphatic rings. The number of nitrogen functional groups attached to an aromatic ring is 1. The number of hydrogen-bond acceptors (Lipinski definition) is 8. The van der Waals surface area contributed by atoms with Gasteiger partial charge in [-0.2, -0.15) is 0 Å². The molecule has 0 unspecified atom stereocenters. The largest absolute Gasteiger partial charge is 0.504 e. The van der Waals surface area contributed by atoms with Gasteiger partial charge in [-0.25, -0.2) is 8.42 Å². The molecule has 3 aromatic carbocycles. The highest BCUT2D eigenvalue weighted by Crippen LogP contribution is 2.39. The first-order valence-corrected chi connectivity index (χ1v) is 11.5. The molecule has 180 valence electrons. The third kappa shape index (κ3) is 5.29. The topological polar surface area (TPSA) is 129 Å². The molecule has 0 saturated carbocycles. The Morgan fingerprint density at radius 1 is 0.853 bits per heavy atom. The normalized spacial score (nSPS) is 11.3. The van der Waals surface area contributed by atoms with E-state index in [1.54, 1.807) is 36.4 Å². The summed E-state index contributed by atoms with van der Waals surface area (Å²) in [5.41, 5.74) is 7.32. The molecule has 3 rings (SSSR count). The Balaban J connectivity index is 2.06. The average Bonchev–Trinajstić information content (AvgIpc) is 2.82. The maximum Gasteiger partial charge on any atom is 0.261 e. The predicted octanol–water partition coefficient (Wildman–Crippen LogP) is 3.98. The van der Waals surface area contributed by atoms with Crippen molar-refractivity contribution in [1.29, 1.82) is 0 Å². The number of rotatable bonds is 9. The summed E-state index contributed by atoms with van der Waals surface area (Å²) in [4.78, 5) is -0.000835. The molecule has 0 fully saturated rings. The van der Waals surface area contributed by atoms with E-state index in [9.17, 15) is 13.5 Å². The van der Waals surface area contributed by atoms with Gasteiger partial charge < -0.3 is 29.8 Å². The highest BCUT2D eigenvalue weighted by molar-refractivity contribution is 7.92. The van der Waals surface area contributed by atoms with Gasteiger partial charge in [0.1, 0.15) is 0 Å². The fourth-order valence-corrected chi connectivity index (χ4v) is 4.38. The summed E-state index contributed by atoms with van der Waals surface area (Å²) in [5, 5.41) is 10.3. The highest BCUT2D eigenvalue weighted by Gasteiger charge is 2.18. The van der Waals surface area contributed by atoms with Gasteiger partial charge >= 0.3 is 0 Å². The zero-order valence-corrected chi connectivity index (χ0v) is 20.0. The second-order valence-electron chi connectivity index (χ2n) is 7.08. The number of nitrogens with one attached hydrogen (secondary N) is 1. The Morgan fingerprint density at radius 3 is 2.06 bits per heavy atom. The quantitative estimate of drug-likeness (QED) is 0.235. The van der Waals surface area contributed by atoms with Gasteiger partial charge in [-0.3, -0.25) is 4.72 Å². The third-order valence-corrected chi connectivity index (χ3v) is 6.27. The number of ether oxygens (including phenoxy) is 4. The van der Waals surface area contributed by atoms with Gasteiger partial charge in [-0.15, -0.1) is 0 Å². The van der Waals surface area contributed by atoms with Crippen LogP contribution in [-0.2, 0) is 10.0 Å². The SMILES string of the molecule is COc1cc(NS(=O)(=O)c2cccc(N)c2)c(C=Cc2cc(OC)c(OC)c(OC)c2)cc1O. The second-order valence-corrected chi connectivity index (χ2v) is 8.76. The van der Waals surface area contributed by atoms with Crippen LogP contribution in [0.15, 0.2) is 53.4 Å². The van der Waals surface area contributed by atoms with Crippen molar-refractivity contribution < 1.29 is 32.5 Å². The van der Waals surface area contributed by atoms with Crippen LogP contribution >= 0.6 is 0 Å². The lowest BCUT2D eigenvalue weighted by atomic mass is 10.1. The number of anilines is 2. The summed E-state index contributed by atoms with van der Waals surface area (Å²) < 4.78 is 49.7. The van der Waals surface area contributed by atoms with Crippen molar-refractivity contribution in [3.05, 3.63) is 59.7 Å². The number of phenols is 1. The Kier molecular flexibility index (Phi) is 7.42. The van der Waals surface area contributed by atoms with Crippen LogP contribution < -0.4 is 29.4 Å². The summed E-state index contributed by atoms with van der Waals surface area (Å²) in [5.74, 6) is 1.32. The molecule has 0 saturated heterocycles. The van der Waals surface area contributed by atoms with Crippen molar-refractivity contribution in [2.24, 2.45) is 0 Å². The number of nitrogens with two attached hydrogens (primary N) is 1. The molecule has 0 aliphatic heterocycles. The molecule has 10 heteroatoms. The Morgan fingerprint density at radius 2 is 1.50 bits per heavy atom. The molecule has 9 nitrogen and oxygen atoms in total. The van der Waals surface area contributed by atoms with Crippen molar-refractivity contribution in [1.82, 2.24) is 0 Å². The van der Waals surface area contributed by atoms with Crippen molar-refractivity contribution in [3.63, 3.8) is 0 Å². The van der Waals surface area contributed by atoms with Crippen LogP contribution in [0.3, 0.4) is 0 Å². The van der Waals surface area contributed by atoms with Crippen molar-refractivity contribution in [2.45, 2.75) is 4.90 Å². The minimum atomic E-state index is -3.97. The minimum absolute atomic E-state index is 0.000835. The third-order valence-electron chi connectivity index (χ3n) is 4.91. The number of methoxy groups -OCH3 is 4. The first-order chi connectivity index (χ1) is 16.2. The Bertz CT molecular complexity index is 1300. The summed E-state index contributed by atoms with van der Waals surface area (Å²) >= 11 is 0. The van der Waals surface area contributed by atoms with E-state index >= 15 is 0 Å². The summed E-state index contributed by atoms with van der Waals surface area (Å²) in [6, 6.07) is 12.2. The summed E-state index contributed by atoms with van der Waals surface area (Å²) in [6.45, 7) is 0. The highest BCUT2D eigenvalue weighted by atomic mass is 32.2. The molecule has 4 N–H and O–H groups in total. The van der Waals surface area contributed by atoms with Crippen LogP contribution in [-0.4, -0.2) is 42.0 Å². The summed E-state index contributed by atoms with van der Waals surface area (Å²) in [6.07, 6.45) is 3.35. The average molecular weight is 487 g/mol. The van der Waals surface area contributed by atoms with Gasteiger partial charge in [0, 0.05) is 17.3 Å². The molecule has 0 radical (unpaired) electrons. The maximum atomic E-state index is 13.0. The van der Waals surface area contributed by atoms with Crippen molar-refractivity contribution in [3.8, 4) is 28.7 Å². The van der Waals surface area contributed by atoms with Gasteiger partial charge in [0.15, 0.2) is 23.0 Å². The van der Waals surface area contributed by atoms with Crippen LogP contribution in [0, 0.1) is 0 Å². The molecular weight excluding hydrogens is 460 g/mol. The monoisotopic (exact) mass is 486 g/mol. The van der Waals surface area contributed by atoms with Crippen LogP contribution in [0.5, 0.6) is 28.7 Å². The number of benzene rings is 3. The first kappa shape index (κ1) is 24.6. The lowest BCUT2D eigenvalue weighted by molar-refractivity contribution is 0.324. The van der Waals surface area contributed by atoms with E-state index in [0.29, 0.717) is 34.1 Å². The van der Waals surface area contributed by atoms with Gasteiger partial charge in [0.25, 0.3) is 10.0 Å². The molecule has 0 atom stereocenters. The maximum absolute atomic E-state index is 13.0. The van der Waals surface area contributed by atoms with E-state index in [2.05, 4.69) is 4.72 Å². The zero-order chi connectivity index (χ0) is 24.9. The predicted molar refractivity (Wildman–Crippen MR) is 131 cm³/mol. The molecule has 0 aliphatic carbocycles. The lowest BCUT2D eigenvalue weighted by Crippen LogP contribution is -2.14. The van der Waals surface area contributed by atoms with Gasteiger partial charge in [0.2, 0.25) is 5.75 Å². The Hall–Kier alpha value is -4.05. The number of hydrogen-bond donors (Lipinski definition) is 3. The number of sulfonamides is 1. The second kappa shape index (κ2) is 10.3. The molecule has 0 aromatic heterocycles. The van der Waals surface area contributed by atoms with Gasteiger partial charge in [-0.05, 0) is 42.0 Å². The molecule has 0 heterocycles. The molecule has 0 spiro atoms. The van der Waals surface area contributed by atoms with E-state index in [4.69, 9.17) is 24.7 Å². The van der Waals surface area contributed by atoms with E-state index in [1.165, 1.54) is 52.7 Å². The number of aromatic hydroxyl groups is 1. The number of phenolic OH excluding ortho intramolecular Hbond substituents is 1. The Labute approximate surface area is 198 Å². The van der Waals surface area contributed by atoms with Gasteiger partial charge in [-0.1, -0.05) is 18.2 Å². The van der Waals surface area contributed by atoms with E-state index in [0.717, 1.165) is 0 Å². The van der Waals surface area contributed by atoms with Crippen LogP contribution in [0.2, 0.25) is 0 Å². The smallest absolute Gasteiger partial charge is 0.261 e. The lowest BCUT2D eigenvalue weighted by Gasteiger charge is -2.14. The standard InChI is InChI=1S/C24H26N2O7S/c1-30-21-14-19(26-34(28,29)18-7-5-6-17(25)13-18)16(12-20(21)27)9-8-15-10-22(31-2)24(33-4)23(11-15)32-3/h5-14,26-27H,25H2,1-4H3. The van der Waals surface area contributed by atoms with Crippen molar-refractivity contribution in [2.75, 3.05) is 38.9 Å². The van der Waals surface area contributed by atoms with Crippen LogP contribution in [0.25, 0.3) is 12.2 Å². The fourth-order valence-electron chi connectivity index (χ4n) is 3.24. The summed E-state index contributed by atoms with van der Waals surface area (Å²) in [7, 11) is 1.93. The molecule has 34 heavy (non-hydrogen) atoms.